The highest BCUT2D eigenvalue weighted by Crippen LogP contribution is 2.28. The van der Waals surface area contributed by atoms with Gasteiger partial charge >= 0.3 is 0 Å². The van der Waals surface area contributed by atoms with E-state index in [-0.39, 0.29) is 23.8 Å². The molecule has 1 N–H and O–H groups in total. The molecule has 0 atom stereocenters. The van der Waals surface area contributed by atoms with Crippen molar-refractivity contribution in [2.24, 2.45) is 0 Å². The van der Waals surface area contributed by atoms with E-state index in [9.17, 15) is 14.9 Å². The summed E-state index contributed by atoms with van der Waals surface area (Å²) in [4.78, 5) is 24.7. The molecule has 8 heteroatoms. The largest absolute Gasteiger partial charge is 0.496 e. The predicted octanol–water partition coefficient (Wildman–Crippen LogP) is 3.64. The minimum atomic E-state index is -0.511. The van der Waals surface area contributed by atoms with Crippen LogP contribution in [-0.2, 0) is 11.3 Å². The average molecular weight is 378 g/mol. The topological polar surface area (TPSA) is 84.7 Å². The molecule has 1 amide bonds. The first-order valence-corrected chi connectivity index (χ1v) is 8.24. The summed E-state index contributed by atoms with van der Waals surface area (Å²) in [6.45, 7) is 2.21. The molecule has 0 unspecified atom stereocenters. The normalized spacial score (nSPS) is 10.7. The third-order valence-corrected chi connectivity index (χ3v) is 4.04. The van der Waals surface area contributed by atoms with Gasteiger partial charge in [-0.2, -0.15) is 0 Å². The van der Waals surface area contributed by atoms with Gasteiger partial charge in [0.1, 0.15) is 11.4 Å². The Morgan fingerprint density at radius 1 is 1.35 bits per heavy atom. The van der Waals surface area contributed by atoms with Gasteiger partial charge in [-0.3, -0.25) is 19.8 Å². The van der Waals surface area contributed by atoms with E-state index in [0.29, 0.717) is 22.9 Å². The maximum Gasteiger partial charge on any atom is 0.293 e. The van der Waals surface area contributed by atoms with Crippen LogP contribution in [-0.4, -0.2) is 36.4 Å². The molecular formula is C18H20ClN3O4. The Balaban J connectivity index is 2.07. The third-order valence-electron chi connectivity index (χ3n) is 3.81. The fraction of sp³-hybridized carbons (Fsp3) is 0.278. The number of para-hydroxylation sites is 1. The highest BCUT2D eigenvalue weighted by molar-refractivity contribution is 6.30. The van der Waals surface area contributed by atoms with Crippen LogP contribution in [0.5, 0.6) is 5.75 Å². The van der Waals surface area contributed by atoms with Crippen LogP contribution >= 0.6 is 11.6 Å². The molecule has 0 fully saturated rings. The van der Waals surface area contributed by atoms with Gasteiger partial charge in [-0.1, -0.05) is 23.7 Å². The molecule has 0 aliphatic carbocycles. The van der Waals surface area contributed by atoms with E-state index in [1.54, 1.807) is 56.3 Å². The number of anilines is 1. The number of amides is 1. The van der Waals surface area contributed by atoms with E-state index in [1.165, 1.54) is 6.07 Å². The summed E-state index contributed by atoms with van der Waals surface area (Å²) in [5, 5.41) is 14.4. The lowest BCUT2D eigenvalue weighted by Gasteiger charge is -2.18. The quantitative estimate of drug-likeness (QED) is 0.588. The molecule has 0 radical (unpaired) electrons. The van der Waals surface area contributed by atoms with Crippen LogP contribution in [0.25, 0.3) is 0 Å². The van der Waals surface area contributed by atoms with Crippen molar-refractivity contribution >= 4 is 28.9 Å². The van der Waals surface area contributed by atoms with E-state index in [2.05, 4.69) is 5.32 Å². The number of likely N-dealkylation sites (N-methyl/N-ethyl adjacent to an activating group) is 1. The molecule has 0 aliphatic rings. The second-order valence-electron chi connectivity index (χ2n) is 5.90. The van der Waals surface area contributed by atoms with E-state index < -0.39 is 4.92 Å². The number of halogens is 1. The van der Waals surface area contributed by atoms with Gasteiger partial charge in [0.15, 0.2) is 0 Å². The number of carbonyl (C=O) groups excluding carboxylic acids is 1. The fourth-order valence-corrected chi connectivity index (χ4v) is 2.80. The SMILES string of the molecule is COc1ccc(Cl)cc1CN(C)CC(=O)Nc1c(C)cccc1[N+](=O)[O-]. The van der Waals surface area contributed by atoms with Crippen molar-refractivity contribution in [2.45, 2.75) is 13.5 Å². The Morgan fingerprint density at radius 2 is 2.08 bits per heavy atom. The first-order chi connectivity index (χ1) is 12.3. The second kappa shape index (κ2) is 8.64. The van der Waals surface area contributed by atoms with E-state index in [1.807, 2.05) is 0 Å². The summed E-state index contributed by atoms with van der Waals surface area (Å²) in [5.74, 6) is 0.335. The summed E-state index contributed by atoms with van der Waals surface area (Å²) in [6, 6.07) is 9.93. The summed E-state index contributed by atoms with van der Waals surface area (Å²) < 4.78 is 5.30. The van der Waals surface area contributed by atoms with Crippen LogP contribution in [0, 0.1) is 17.0 Å². The average Bonchev–Trinajstić information content (AvgIpc) is 2.56. The molecule has 138 valence electrons. The van der Waals surface area contributed by atoms with Crippen molar-refractivity contribution in [1.29, 1.82) is 0 Å². The number of rotatable bonds is 7. The van der Waals surface area contributed by atoms with Gasteiger partial charge in [0.25, 0.3) is 5.69 Å². The molecule has 2 rings (SSSR count). The smallest absolute Gasteiger partial charge is 0.293 e. The number of hydrogen-bond donors (Lipinski definition) is 1. The van der Waals surface area contributed by atoms with E-state index in [4.69, 9.17) is 16.3 Å². The van der Waals surface area contributed by atoms with Crippen molar-refractivity contribution in [3.8, 4) is 5.75 Å². The molecule has 0 saturated heterocycles. The van der Waals surface area contributed by atoms with Crippen LogP contribution in [0.15, 0.2) is 36.4 Å². The summed E-state index contributed by atoms with van der Waals surface area (Å²) in [6.07, 6.45) is 0. The molecule has 7 nitrogen and oxygen atoms in total. The van der Waals surface area contributed by atoms with Crippen molar-refractivity contribution < 1.29 is 14.5 Å². The molecule has 0 aliphatic heterocycles. The highest BCUT2D eigenvalue weighted by atomic mass is 35.5. The van der Waals surface area contributed by atoms with Gasteiger partial charge < -0.3 is 10.1 Å². The van der Waals surface area contributed by atoms with E-state index >= 15 is 0 Å². The lowest BCUT2D eigenvalue weighted by molar-refractivity contribution is -0.384. The molecule has 0 saturated carbocycles. The van der Waals surface area contributed by atoms with Crippen LogP contribution in [0.1, 0.15) is 11.1 Å². The minimum Gasteiger partial charge on any atom is -0.496 e. The van der Waals surface area contributed by atoms with Gasteiger partial charge in [-0.25, -0.2) is 0 Å². The second-order valence-corrected chi connectivity index (χ2v) is 6.34. The zero-order valence-electron chi connectivity index (χ0n) is 14.8. The predicted molar refractivity (Wildman–Crippen MR) is 101 cm³/mol. The zero-order chi connectivity index (χ0) is 19.3. The van der Waals surface area contributed by atoms with Crippen molar-refractivity contribution in [2.75, 3.05) is 26.0 Å². The number of benzene rings is 2. The molecule has 2 aromatic carbocycles. The molecule has 26 heavy (non-hydrogen) atoms. The van der Waals surface area contributed by atoms with Crippen LogP contribution < -0.4 is 10.1 Å². The van der Waals surface area contributed by atoms with E-state index in [0.717, 1.165) is 5.56 Å². The monoisotopic (exact) mass is 377 g/mol. The number of aryl methyl sites for hydroxylation is 1. The lowest BCUT2D eigenvalue weighted by atomic mass is 10.1. The standard InChI is InChI=1S/C18H20ClN3O4/c1-12-5-4-6-15(22(24)25)18(12)20-17(23)11-21(2)10-13-9-14(19)7-8-16(13)26-3/h4-9H,10-11H2,1-3H3,(H,20,23). The maximum atomic E-state index is 12.3. The van der Waals surface area contributed by atoms with Crippen molar-refractivity contribution in [3.05, 3.63) is 62.7 Å². The summed E-state index contributed by atoms with van der Waals surface area (Å²) in [5.41, 5.74) is 1.57. The number of methoxy groups -OCH3 is 1. The number of nitro benzene ring substituents is 1. The first-order valence-electron chi connectivity index (χ1n) is 7.86. The number of carbonyl (C=O) groups is 1. The van der Waals surface area contributed by atoms with Gasteiger partial charge in [0.2, 0.25) is 5.91 Å². The first kappa shape index (κ1) is 19.7. The molecule has 0 spiro atoms. The Morgan fingerprint density at radius 3 is 2.73 bits per heavy atom. The molecule has 0 bridgehead atoms. The fourth-order valence-electron chi connectivity index (χ4n) is 2.61. The van der Waals surface area contributed by atoms with Gasteiger partial charge in [0, 0.05) is 23.2 Å². The Kier molecular flexibility index (Phi) is 6.54. The lowest BCUT2D eigenvalue weighted by Crippen LogP contribution is -2.30. The number of nitrogens with one attached hydrogen (secondary N) is 1. The maximum absolute atomic E-state index is 12.3. The number of hydrogen-bond acceptors (Lipinski definition) is 5. The van der Waals surface area contributed by atoms with Crippen LogP contribution in [0.2, 0.25) is 5.02 Å². The Labute approximate surface area is 156 Å². The molecule has 0 heterocycles. The summed E-state index contributed by atoms with van der Waals surface area (Å²) in [7, 11) is 3.34. The molecule has 0 aromatic heterocycles. The summed E-state index contributed by atoms with van der Waals surface area (Å²) >= 11 is 6.02. The zero-order valence-corrected chi connectivity index (χ0v) is 15.5. The Bertz CT molecular complexity index is 826. The Hall–Kier alpha value is -2.64. The van der Waals surface area contributed by atoms with Crippen molar-refractivity contribution in [1.82, 2.24) is 4.90 Å². The van der Waals surface area contributed by atoms with Crippen molar-refractivity contribution in [3.63, 3.8) is 0 Å². The number of ether oxygens (including phenoxy) is 1. The number of nitro groups is 1. The van der Waals surface area contributed by atoms with Gasteiger partial charge in [0.05, 0.1) is 18.6 Å². The van der Waals surface area contributed by atoms with Crippen LogP contribution in [0.4, 0.5) is 11.4 Å². The van der Waals surface area contributed by atoms with Gasteiger partial charge in [-0.05, 0) is 37.7 Å². The molecule has 2 aromatic rings. The number of nitrogens with zero attached hydrogens (tertiary/aromatic N) is 2. The van der Waals surface area contributed by atoms with Gasteiger partial charge in [-0.15, -0.1) is 0 Å². The molecular weight excluding hydrogens is 358 g/mol. The highest BCUT2D eigenvalue weighted by Gasteiger charge is 2.18. The minimum absolute atomic E-state index is 0.0567. The third kappa shape index (κ3) is 4.93. The van der Waals surface area contributed by atoms with Crippen LogP contribution in [0.3, 0.4) is 0 Å².